The molecule has 27 heavy (non-hydrogen) atoms. The first kappa shape index (κ1) is 18.2. The Morgan fingerprint density at radius 3 is 2.30 bits per heavy atom. The van der Waals surface area contributed by atoms with Crippen LogP contribution in [0.15, 0.2) is 44.6 Å². The molecule has 0 radical (unpaired) electrons. The van der Waals surface area contributed by atoms with Crippen molar-refractivity contribution in [2.45, 2.75) is 0 Å². The highest BCUT2D eigenvalue weighted by Gasteiger charge is 2.26. The average Bonchev–Trinajstić information content (AvgIpc) is 3.05. The summed E-state index contributed by atoms with van der Waals surface area (Å²) >= 11 is 0. The molecule has 0 atom stereocenters. The maximum Gasteiger partial charge on any atom is 0.436 e. The molecular formula is C16H9F4N3O4. The fraction of sp³-hybridized carbons (Fsp3) is 0.0625. The summed E-state index contributed by atoms with van der Waals surface area (Å²) in [6.45, 7) is 0. The van der Waals surface area contributed by atoms with Crippen LogP contribution in [0.4, 0.5) is 23.2 Å². The maximum absolute atomic E-state index is 13.7. The van der Waals surface area contributed by atoms with Crippen LogP contribution in [-0.2, 0) is 0 Å². The van der Waals surface area contributed by atoms with E-state index in [4.69, 9.17) is 4.74 Å². The Hall–Kier alpha value is -3.63. The van der Waals surface area contributed by atoms with Gasteiger partial charge in [-0.05, 0) is 22.1 Å². The molecule has 0 amide bonds. The molecule has 1 aromatic heterocycles. The predicted molar refractivity (Wildman–Crippen MR) is 79.9 cm³/mol. The summed E-state index contributed by atoms with van der Waals surface area (Å²) in [7, 11) is 1.43. The summed E-state index contributed by atoms with van der Waals surface area (Å²) in [4.78, 5) is 14.8. The van der Waals surface area contributed by atoms with Crippen molar-refractivity contribution in [3.05, 3.63) is 69.7 Å². The number of aromatic nitrogens is 2. The zero-order valence-electron chi connectivity index (χ0n) is 13.4. The summed E-state index contributed by atoms with van der Waals surface area (Å²) in [5, 5.41) is 14.4. The van der Waals surface area contributed by atoms with Gasteiger partial charge in [-0.15, -0.1) is 0 Å². The minimum atomic E-state index is -1.88. The molecule has 1 N–H and O–H groups in total. The number of ether oxygens (including phenoxy) is 1. The predicted octanol–water partition coefficient (Wildman–Crippen LogP) is 1.25. The quantitative estimate of drug-likeness (QED) is 0.241. The largest absolute Gasteiger partial charge is 0.854 e. The number of aromatic amines is 1. The third kappa shape index (κ3) is 3.26. The molecule has 0 saturated heterocycles. The van der Waals surface area contributed by atoms with Crippen molar-refractivity contribution in [2.24, 2.45) is 4.99 Å². The van der Waals surface area contributed by atoms with Gasteiger partial charge in [-0.3, -0.25) is 9.52 Å². The number of nitrogens with one attached hydrogen (secondary N) is 1. The van der Waals surface area contributed by atoms with Gasteiger partial charge in [0.25, 0.3) is 0 Å². The van der Waals surface area contributed by atoms with Gasteiger partial charge < -0.3 is 9.84 Å². The third-order valence-electron chi connectivity index (χ3n) is 3.48. The Balaban J connectivity index is 2.14. The Morgan fingerprint density at radius 2 is 1.74 bits per heavy atom. The van der Waals surface area contributed by atoms with Gasteiger partial charge >= 0.3 is 11.3 Å². The van der Waals surface area contributed by atoms with E-state index in [9.17, 15) is 27.5 Å². The van der Waals surface area contributed by atoms with E-state index in [0.29, 0.717) is 5.75 Å². The summed E-state index contributed by atoms with van der Waals surface area (Å²) in [5.41, 5.74) is -3.27. The van der Waals surface area contributed by atoms with Gasteiger partial charge in [-0.2, -0.15) is 0 Å². The van der Waals surface area contributed by atoms with Crippen LogP contribution < -0.4 is 20.2 Å². The van der Waals surface area contributed by atoms with Crippen LogP contribution in [0.1, 0.15) is 5.69 Å². The number of rotatable bonds is 4. The second kappa shape index (κ2) is 6.94. The van der Waals surface area contributed by atoms with E-state index >= 15 is 0 Å². The standard InChI is InChI=1S/C16H9F4N3O4/c1-26-8-4-2-7(3-5-8)23-14(16(25)27-22-23)15(24)21-13-11(19)9(17)6-10(18)12(13)20/h2-6H,1H3,(H-,21,22,24,25). The third-order valence-corrected chi connectivity index (χ3v) is 3.48. The van der Waals surface area contributed by atoms with Crippen LogP contribution in [0, 0.1) is 23.3 Å². The molecule has 140 valence electrons. The Kier molecular flexibility index (Phi) is 4.67. The molecule has 0 unspecified atom stereocenters. The molecule has 0 spiro atoms. The highest BCUT2D eigenvalue weighted by Crippen LogP contribution is 2.27. The van der Waals surface area contributed by atoms with E-state index in [0.717, 1.165) is 4.68 Å². The number of hydrogen-bond donors (Lipinski definition) is 1. The molecule has 0 saturated carbocycles. The van der Waals surface area contributed by atoms with Crippen LogP contribution in [-0.4, -0.2) is 18.3 Å². The zero-order chi connectivity index (χ0) is 19.7. The van der Waals surface area contributed by atoms with Gasteiger partial charge in [0.15, 0.2) is 23.3 Å². The van der Waals surface area contributed by atoms with Gasteiger partial charge in [-0.25, -0.2) is 22.4 Å². The lowest BCUT2D eigenvalue weighted by Gasteiger charge is -2.07. The molecule has 0 aliphatic heterocycles. The monoisotopic (exact) mass is 383 g/mol. The SMILES string of the molecule is COc1ccc(-[n+]2[nH]oc(=O)c2C([O-])=Nc2c(F)c(F)cc(F)c2F)cc1. The lowest BCUT2D eigenvalue weighted by atomic mass is 10.2. The molecular weight excluding hydrogens is 374 g/mol. The van der Waals surface area contributed by atoms with Crippen molar-refractivity contribution in [3.8, 4) is 11.4 Å². The Labute approximate surface area is 147 Å². The molecule has 7 nitrogen and oxygen atoms in total. The van der Waals surface area contributed by atoms with Crippen LogP contribution in [0.3, 0.4) is 0 Å². The molecule has 1 heterocycles. The Morgan fingerprint density at radius 1 is 1.15 bits per heavy atom. The summed E-state index contributed by atoms with van der Waals surface area (Å²) < 4.78 is 64.2. The second-order valence-electron chi connectivity index (χ2n) is 5.10. The molecule has 0 bridgehead atoms. The van der Waals surface area contributed by atoms with Crippen molar-refractivity contribution in [1.29, 1.82) is 0 Å². The van der Waals surface area contributed by atoms with Crippen molar-refractivity contribution in [1.82, 2.24) is 5.27 Å². The van der Waals surface area contributed by atoms with Gasteiger partial charge in [0.05, 0.1) is 13.0 Å². The van der Waals surface area contributed by atoms with Crippen LogP contribution in [0.2, 0.25) is 0 Å². The van der Waals surface area contributed by atoms with Gasteiger partial charge in [-0.1, -0.05) is 0 Å². The van der Waals surface area contributed by atoms with E-state index < -0.39 is 46.2 Å². The average molecular weight is 383 g/mol. The van der Waals surface area contributed by atoms with E-state index in [-0.39, 0.29) is 11.8 Å². The van der Waals surface area contributed by atoms with Crippen LogP contribution in [0.25, 0.3) is 5.69 Å². The fourth-order valence-electron chi connectivity index (χ4n) is 2.18. The fourth-order valence-corrected chi connectivity index (χ4v) is 2.18. The van der Waals surface area contributed by atoms with Gasteiger partial charge in [0.1, 0.15) is 11.4 Å². The van der Waals surface area contributed by atoms with Gasteiger partial charge in [0.2, 0.25) is 5.69 Å². The van der Waals surface area contributed by atoms with Crippen molar-refractivity contribution >= 4 is 11.6 Å². The Bertz CT molecular complexity index is 1060. The maximum atomic E-state index is 13.7. The minimum absolute atomic E-state index is 0.0314. The number of halogens is 4. The molecule has 3 aromatic rings. The first-order chi connectivity index (χ1) is 12.8. The highest BCUT2D eigenvalue weighted by molar-refractivity contribution is 5.88. The zero-order valence-corrected chi connectivity index (χ0v) is 13.4. The van der Waals surface area contributed by atoms with Crippen molar-refractivity contribution in [3.63, 3.8) is 0 Å². The molecule has 0 aliphatic carbocycles. The lowest BCUT2D eigenvalue weighted by molar-refractivity contribution is -0.673. The number of benzene rings is 2. The molecule has 11 heteroatoms. The summed E-state index contributed by atoms with van der Waals surface area (Å²) in [5.74, 6) is -8.25. The number of hydrogen-bond acceptors (Lipinski definition) is 5. The van der Waals surface area contributed by atoms with Crippen LogP contribution in [0.5, 0.6) is 5.75 Å². The first-order valence-corrected chi connectivity index (χ1v) is 7.20. The molecule has 3 rings (SSSR count). The number of methoxy groups -OCH3 is 1. The van der Waals surface area contributed by atoms with Gasteiger partial charge in [0, 0.05) is 18.2 Å². The van der Waals surface area contributed by atoms with E-state index in [1.807, 2.05) is 0 Å². The summed E-state index contributed by atoms with van der Waals surface area (Å²) in [6.07, 6.45) is 0. The second-order valence-corrected chi connectivity index (χ2v) is 5.10. The first-order valence-electron chi connectivity index (χ1n) is 7.20. The molecule has 0 fully saturated rings. The number of nitrogens with zero attached hydrogens (tertiary/aromatic N) is 2. The normalized spacial score (nSPS) is 11.7. The minimum Gasteiger partial charge on any atom is -0.854 e. The summed E-state index contributed by atoms with van der Waals surface area (Å²) in [6, 6.07) is 5.84. The molecule has 0 aliphatic rings. The number of aliphatic imine (C=N–C) groups is 1. The highest BCUT2D eigenvalue weighted by atomic mass is 19.2. The van der Waals surface area contributed by atoms with Crippen LogP contribution >= 0.6 is 0 Å². The van der Waals surface area contributed by atoms with E-state index in [2.05, 4.69) is 14.8 Å². The smallest absolute Gasteiger partial charge is 0.436 e. The molecule has 2 aromatic carbocycles. The topological polar surface area (TPSA) is 94.5 Å². The van der Waals surface area contributed by atoms with E-state index in [1.54, 1.807) is 0 Å². The van der Waals surface area contributed by atoms with E-state index in [1.165, 1.54) is 31.4 Å². The van der Waals surface area contributed by atoms with Crippen molar-refractivity contribution in [2.75, 3.05) is 7.11 Å². The lowest BCUT2D eigenvalue weighted by Crippen LogP contribution is -2.44. The van der Waals surface area contributed by atoms with Crippen molar-refractivity contribution < 1.29 is 36.6 Å². The number of H-pyrrole nitrogens is 1.